The molecule has 0 saturated heterocycles. The first-order chi connectivity index (χ1) is 11.7. The average molecular weight is 375 g/mol. The zero-order valence-corrected chi connectivity index (χ0v) is 14.5. The Bertz CT molecular complexity index is 812. The van der Waals surface area contributed by atoms with Crippen LogP contribution in [0, 0.1) is 0 Å². The number of carbonyl (C=O) groups is 1. The molecule has 0 fully saturated rings. The van der Waals surface area contributed by atoms with E-state index >= 15 is 0 Å². The van der Waals surface area contributed by atoms with Gasteiger partial charge >= 0.3 is 12.3 Å². The smallest absolute Gasteiger partial charge is 0.436 e. The number of halogens is 3. The number of alkyl halides is 3. The monoisotopic (exact) mass is 375 g/mol. The molecule has 0 bridgehead atoms. The van der Waals surface area contributed by atoms with Crippen molar-refractivity contribution in [1.82, 2.24) is 9.78 Å². The molecule has 10 heteroatoms. The first-order valence-electron chi connectivity index (χ1n) is 7.36. The predicted octanol–water partition coefficient (Wildman–Crippen LogP) is 3.80. The molecule has 0 aliphatic rings. The van der Waals surface area contributed by atoms with Gasteiger partial charge in [-0.2, -0.15) is 13.2 Å². The van der Waals surface area contributed by atoms with Crippen LogP contribution in [0.15, 0.2) is 29.3 Å². The molecular weight excluding hydrogens is 359 g/mol. The summed E-state index contributed by atoms with van der Waals surface area (Å²) in [4.78, 5) is 15.6. The van der Waals surface area contributed by atoms with Crippen LogP contribution in [0.4, 0.5) is 18.0 Å². The van der Waals surface area contributed by atoms with E-state index < -0.39 is 17.8 Å². The lowest BCUT2D eigenvalue weighted by atomic mass is 10.2. The standard InChI is InChI=1S/C15H16F3N3O3S/c1-4-23-14-20-21(12(25-14)19-13(22)24-9(2)3)11-7-5-6-10(8-11)15(16,17)18/h5-9H,4H2,1-3H3. The molecule has 1 aromatic heterocycles. The summed E-state index contributed by atoms with van der Waals surface area (Å²) < 4.78 is 50.1. The number of amides is 1. The third kappa shape index (κ3) is 5.05. The van der Waals surface area contributed by atoms with Crippen LogP contribution in [0.2, 0.25) is 0 Å². The van der Waals surface area contributed by atoms with Crippen molar-refractivity contribution in [3.8, 4) is 10.9 Å². The van der Waals surface area contributed by atoms with Crippen molar-refractivity contribution in [2.75, 3.05) is 6.61 Å². The van der Waals surface area contributed by atoms with Gasteiger partial charge in [-0.05, 0) is 50.3 Å². The van der Waals surface area contributed by atoms with E-state index in [-0.39, 0.29) is 21.8 Å². The maximum atomic E-state index is 12.9. The van der Waals surface area contributed by atoms with Gasteiger partial charge < -0.3 is 9.47 Å². The Morgan fingerprint density at radius 3 is 2.72 bits per heavy atom. The summed E-state index contributed by atoms with van der Waals surface area (Å²) in [6.45, 7) is 5.37. The normalized spacial score (nSPS) is 12.5. The fourth-order valence-corrected chi connectivity index (χ4v) is 2.61. The average Bonchev–Trinajstić information content (AvgIpc) is 2.88. The van der Waals surface area contributed by atoms with Crippen molar-refractivity contribution in [2.45, 2.75) is 33.1 Å². The Morgan fingerprint density at radius 1 is 1.40 bits per heavy atom. The molecule has 0 atom stereocenters. The number of ether oxygens (including phenoxy) is 2. The minimum Gasteiger partial charge on any atom is -0.469 e. The second-order valence-corrected chi connectivity index (χ2v) is 6.01. The number of hydrogen-bond donors (Lipinski definition) is 0. The van der Waals surface area contributed by atoms with Gasteiger partial charge in [-0.3, -0.25) is 0 Å². The zero-order valence-electron chi connectivity index (χ0n) is 13.7. The molecule has 0 radical (unpaired) electrons. The molecule has 0 N–H and O–H groups in total. The number of hydrogen-bond acceptors (Lipinski definition) is 5. The molecule has 6 nitrogen and oxygen atoms in total. The van der Waals surface area contributed by atoms with Crippen LogP contribution in [0.25, 0.3) is 5.69 Å². The molecular formula is C15H16F3N3O3S. The van der Waals surface area contributed by atoms with Crippen LogP contribution in [0.5, 0.6) is 5.19 Å². The molecule has 0 unspecified atom stereocenters. The molecule has 1 amide bonds. The van der Waals surface area contributed by atoms with Gasteiger partial charge in [-0.15, -0.1) is 10.1 Å². The van der Waals surface area contributed by atoms with Gasteiger partial charge in [0.15, 0.2) is 0 Å². The highest BCUT2D eigenvalue weighted by atomic mass is 32.1. The molecule has 2 rings (SSSR count). The summed E-state index contributed by atoms with van der Waals surface area (Å²) in [6, 6.07) is 4.55. The maximum Gasteiger partial charge on any atom is 0.436 e. The van der Waals surface area contributed by atoms with Crippen LogP contribution in [0.1, 0.15) is 26.3 Å². The van der Waals surface area contributed by atoms with Crippen molar-refractivity contribution in [2.24, 2.45) is 4.99 Å². The highest BCUT2D eigenvalue weighted by Gasteiger charge is 2.30. The Hall–Kier alpha value is -2.36. The van der Waals surface area contributed by atoms with Gasteiger partial charge in [0.05, 0.1) is 24.0 Å². The van der Waals surface area contributed by atoms with Gasteiger partial charge in [0, 0.05) is 0 Å². The van der Waals surface area contributed by atoms with Gasteiger partial charge in [-0.1, -0.05) is 6.07 Å². The van der Waals surface area contributed by atoms with Crippen LogP contribution in [-0.4, -0.2) is 28.6 Å². The summed E-state index contributed by atoms with van der Waals surface area (Å²) in [5, 5.41) is 4.25. The fraction of sp³-hybridized carbons (Fsp3) is 0.400. The minimum absolute atomic E-state index is 0.0495. The number of carbonyl (C=O) groups excluding carboxylic acids is 1. The van der Waals surface area contributed by atoms with Crippen molar-refractivity contribution < 1.29 is 27.4 Å². The van der Waals surface area contributed by atoms with Crippen LogP contribution < -0.4 is 9.54 Å². The molecule has 0 aliphatic carbocycles. The lowest BCUT2D eigenvalue weighted by Crippen LogP contribution is -2.19. The van der Waals surface area contributed by atoms with E-state index in [0.29, 0.717) is 6.61 Å². The highest BCUT2D eigenvalue weighted by molar-refractivity contribution is 7.10. The van der Waals surface area contributed by atoms with Gasteiger partial charge in [0.25, 0.3) is 5.19 Å². The first kappa shape index (κ1) is 19.0. The van der Waals surface area contributed by atoms with E-state index in [1.165, 1.54) is 12.1 Å². The molecule has 25 heavy (non-hydrogen) atoms. The van der Waals surface area contributed by atoms with E-state index in [1.54, 1.807) is 20.8 Å². The largest absolute Gasteiger partial charge is 0.469 e. The number of rotatable bonds is 4. The number of benzene rings is 1. The molecule has 0 spiro atoms. The minimum atomic E-state index is -4.50. The summed E-state index contributed by atoms with van der Waals surface area (Å²) in [5.41, 5.74) is -0.729. The number of nitrogens with zero attached hydrogens (tertiary/aromatic N) is 3. The maximum absolute atomic E-state index is 12.9. The van der Waals surface area contributed by atoms with E-state index in [9.17, 15) is 18.0 Å². The molecule has 1 heterocycles. The summed E-state index contributed by atoms with van der Waals surface area (Å²) in [7, 11) is 0. The SMILES string of the molecule is CCOc1nn(-c2cccc(C(F)(F)F)c2)c(=NC(=O)OC(C)C)s1. The molecule has 2 aromatic rings. The van der Waals surface area contributed by atoms with E-state index in [4.69, 9.17) is 9.47 Å². The third-order valence-corrected chi connectivity index (χ3v) is 3.57. The zero-order chi connectivity index (χ0) is 18.6. The van der Waals surface area contributed by atoms with Crippen LogP contribution in [0.3, 0.4) is 0 Å². The Kier molecular flexibility index (Phi) is 5.83. The van der Waals surface area contributed by atoms with Crippen LogP contribution >= 0.6 is 11.3 Å². The molecule has 0 aliphatic heterocycles. The lowest BCUT2D eigenvalue weighted by Gasteiger charge is -2.08. The van der Waals surface area contributed by atoms with Crippen molar-refractivity contribution in [3.05, 3.63) is 34.6 Å². The summed E-state index contributed by atoms with van der Waals surface area (Å²) in [5.74, 6) is 0. The fourth-order valence-electron chi connectivity index (χ4n) is 1.81. The predicted molar refractivity (Wildman–Crippen MR) is 84.8 cm³/mol. The highest BCUT2D eigenvalue weighted by Crippen LogP contribution is 2.30. The summed E-state index contributed by atoms with van der Waals surface area (Å²) in [6.07, 6.45) is -5.73. The van der Waals surface area contributed by atoms with Gasteiger partial charge in [0.1, 0.15) is 0 Å². The van der Waals surface area contributed by atoms with E-state index in [2.05, 4.69) is 10.1 Å². The quantitative estimate of drug-likeness (QED) is 0.815. The Morgan fingerprint density at radius 2 is 2.12 bits per heavy atom. The second kappa shape index (κ2) is 7.68. The Balaban J connectivity index is 2.53. The van der Waals surface area contributed by atoms with E-state index in [0.717, 1.165) is 28.2 Å². The second-order valence-electron chi connectivity index (χ2n) is 5.09. The van der Waals surface area contributed by atoms with Gasteiger partial charge in [-0.25, -0.2) is 9.48 Å². The van der Waals surface area contributed by atoms with E-state index in [1.807, 2.05) is 0 Å². The van der Waals surface area contributed by atoms with Crippen molar-refractivity contribution >= 4 is 17.4 Å². The molecule has 0 saturated carbocycles. The lowest BCUT2D eigenvalue weighted by molar-refractivity contribution is -0.137. The number of aromatic nitrogens is 2. The van der Waals surface area contributed by atoms with Gasteiger partial charge in [0.2, 0.25) is 4.80 Å². The third-order valence-electron chi connectivity index (χ3n) is 2.75. The van der Waals surface area contributed by atoms with Crippen LogP contribution in [-0.2, 0) is 10.9 Å². The first-order valence-corrected chi connectivity index (χ1v) is 8.18. The Labute approximate surface area is 145 Å². The van der Waals surface area contributed by atoms with Crippen molar-refractivity contribution in [1.29, 1.82) is 0 Å². The molecule has 136 valence electrons. The molecule has 1 aromatic carbocycles. The topological polar surface area (TPSA) is 65.7 Å². The summed E-state index contributed by atoms with van der Waals surface area (Å²) >= 11 is 0.929. The van der Waals surface area contributed by atoms with Crippen molar-refractivity contribution in [3.63, 3.8) is 0 Å².